The van der Waals surface area contributed by atoms with Crippen molar-refractivity contribution in [1.82, 2.24) is 19.8 Å². The van der Waals surface area contributed by atoms with Crippen molar-refractivity contribution >= 4 is 28.1 Å². The maximum atomic E-state index is 13.4. The van der Waals surface area contributed by atoms with Gasteiger partial charge in [0.1, 0.15) is 5.82 Å². The van der Waals surface area contributed by atoms with Gasteiger partial charge in [0, 0.05) is 11.8 Å². The average Bonchev–Trinajstić information content (AvgIpc) is 3.13. The molecule has 2 aromatic carbocycles. The Bertz CT molecular complexity index is 1280. The highest BCUT2D eigenvalue weighted by molar-refractivity contribution is 6.07. The second-order valence-corrected chi connectivity index (χ2v) is 5.84. The molecule has 0 fully saturated rings. The molecule has 1 amide bonds. The van der Waals surface area contributed by atoms with Crippen molar-refractivity contribution < 1.29 is 18.7 Å². The summed E-state index contributed by atoms with van der Waals surface area (Å²) in [5.74, 6) is -0.202. The molecule has 2 aromatic heterocycles. The lowest BCUT2D eigenvalue weighted by molar-refractivity contribution is 0.102. The van der Waals surface area contributed by atoms with Gasteiger partial charge in [-0.15, -0.1) is 5.10 Å². The van der Waals surface area contributed by atoms with Crippen molar-refractivity contribution in [1.29, 1.82) is 0 Å². The van der Waals surface area contributed by atoms with Crippen molar-refractivity contribution in [2.75, 3.05) is 19.5 Å². The van der Waals surface area contributed by atoms with Gasteiger partial charge in [0.05, 0.1) is 25.3 Å². The van der Waals surface area contributed by atoms with E-state index in [0.29, 0.717) is 22.7 Å². The first kappa shape index (κ1) is 17.5. The first-order valence-electron chi connectivity index (χ1n) is 8.12. The lowest BCUT2D eigenvalue weighted by Crippen LogP contribution is -2.18. The predicted octanol–water partition coefficient (Wildman–Crippen LogP) is 1.98. The number of halogens is 1. The summed E-state index contributed by atoms with van der Waals surface area (Å²) in [6.45, 7) is 0. The first-order valence-corrected chi connectivity index (χ1v) is 8.12. The van der Waals surface area contributed by atoms with E-state index in [9.17, 15) is 14.0 Å². The molecule has 0 atom stereocenters. The number of carbonyl (C=O) groups is 1. The molecule has 0 unspecified atom stereocenters. The number of methoxy groups -OCH3 is 2. The van der Waals surface area contributed by atoms with Gasteiger partial charge < -0.3 is 19.8 Å². The number of nitrogens with zero attached hydrogens (tertiary/aromatic N) is 3. The van der Waals surface area contributed by atoms with E-state index in [2.05, 4.69) is 20.6 Å². The summed E-state index contributed by atoms with van der Waals surface area (Å²) in [5.41, 5.74) is 0.255. The van der Waals surface area contributed by atoms with Crippen LogP contribution in [0.25, 0.3) is 16.6 Å². The molecule has 2 N–H and O–H groups in total. The van der Waals surface area contributed by atoms with Gasteiger partial charge in [0.2, 0.25) is 0 Å². The average molecular weight is 383 g/mol. The van der Waals surface area contributed by atoms with Crippen LogP contribution >= 0.6 is 0 Å². The van der Waals surface area contributed by atoms with Crippen LogP contribution < -0.4 is 20.3 Å². The lowest BCUT2D eigenvalue weighted by atomic mass is 10.2. The Morgan fingerprint density at radius 2 is 1.93 bits per heavy atom. The van der Waals surface area contributed by atoms with E-state index in [1.165, 1.54) is 36.9 Å². The predicted molar refractivity (Wildman–Crippen MR) is 98.6 cm³/mol. The van der Waals surface area contributed by atoms with E-state index in [0.717, 1.165) is 0 Å². The molecule has 2 heterocycles. The van der Waals surface area contributed by atoms with Crippen molar-refractivity contribution in [3.63, 3.8) is 0 Å². The summed E-state index contributed by atoms with van der Waals surface area (Å²) in [5, 5.41) is 10.4. The normalized spacial score (nSPS) is 11.0. The molecule has 4 rings (SSSR count). The van der Waals surface area contributed by atoms with Crippen LogP contribution in [0.3, 0.4) is 0 Å². The molecule has 0 aliphatic carbocycles. The number of carbonyl (C=O) groups excluding carboxylic acids is 1. The molecule has 28 heavy (non-hydrogen) atoms. The highest BCUT2D eigenvalue weighted by Crippen LogP contribution is 2.30. The Morgan fingerprint density at radius 1 is 1.14 bits per heavy atom. The van der Waals surface area contributed by atoms with Gasteiger partial charge in [-0.3, -0.25) is 9.59 Å². The number of anilines is 1. The number of hydrogen-bond acceptors (Lipinski definition) is 6. The summed E-state index contributed by atoms with van der Waals surface area (Å²) in [6, 6.07) is 8.66. The fourth-order valence-corrected chi connectivity index (χ4v) is 2.89. The highest BCUT2D eigenvalue weighted by Gasteiger charge is 2.20. The maximum absolute atomic E-state index is 13.4. The molecular formula is C18H14FN5O4. The second kappa shape index (κ2) is 6.65. The second-order valence-electron chi connectivity index (χ2n) is 5.84. The number of aromatic amines is 1. The quantitative estimate of drug-likeness (QED) is 0.558. The third-order valence-corrected chi connectivity index (χ3v) is 4.18. The Balaban J connectivity index is 1.76. The van der Waals surface area contributed by atoms with Gasteiger partial charge in [-0.2, -0.15) is 0 Å². The van der Waals surface area contributed by atoms with Crippen molar-refractivity contribution in [2.45, 2.75) is 0 Å². The molecule has 0 saturated carbocycles. The zero-order valence-electron chi connectivity index (χ0n) is 14.8. The van der Waals surface area contributed by atoms with E-state index < -0.39 is 17.3 Å². The molecular weight excluding hydrogens is 369 g/mol. The molecule has 142 valence electrons. The fourth-order valence-electron chi connectivity index (χ4n) is 2.89. The molecule has 0 saturated heterocycles. The maximum Gasteiger partial charge on any atom is 0.278 e. The third-order valence-electron chi connectivity index (χ3n) is 4.18. The van der Waals surface area contributed by atoms with Crippen molar-refractivity contribution in [3.05, 3.63) is 58.3 Å². The largest absolute Gasteiger partial charge is 0.493 e. The Labute approximate surface area is 156 Å². The van der Waals surface area contributed by atoms with E-state index in [4.69, 9.17) is 9.47 Å². The van der Waals surface area contributed by atoms with Crippen LogP contribution in [0, 0.1) is 5.82 Å². The molecule has 10 heteroatoms. The number of nitrogens with one attached hydrogen (secondary N) is 2. The number of ether oxygens (including phenoxy) is 2. The van der Waals surface area contributed by atoms with Gasteiger partial charge in [0.15, 0.2) is 22.7 Å². The standard InChI is InChI=1S/C18H14FN5O4/c1-27-13-6-4-10(8-14(13)28-2)20-17(25)15-16-18(26)21-11-7-9(19)3-5-12(11)24(16)23-22-15/h3-8H,1-2H3,(H,20,25)(H,21,26). The zero-order chi connectivity index (χ0) is 19.8. The van der Waals surface area contributed by atoms with E-state index in [-0.39, 0.29) is 16.7 Å². The fraction of sp³-hybridized carbons (Fsp3) is 0.111. The van der Waals surface area contributed by atoms with Crippen LogP contribution in [0.15, 0.2) is 41.2 Å². The summed E-state index contributed by atoms with van der Waals surface area (Å²) < 4.78 is 25.0. The summed E-state index contributed by atoms with van der Waals surface area (Å²) in [4.78, 5) is 27.6. The van der Waals surface area contributed by atoms with Gasteiger partial charge in [-0.05, 0) is 30.3 Å². The smallest absolute Gasteiger partial charge is 0.278 e. The number of hydrogen-bond donors (Lipinski definition) is 2. The topological polar surface area (TPSA) is 111 Å². The van der Waals surface area contributed by atoms with Crippen LogP contribution in [0.1, 0.15) is 10.5 Å². The van der Waals surface area contributed by atoms with Crippen LogP contribution in [0.2, 0.25) is 0 Å². The van der Waals surface area contributed by atoms with Crippen molar-refractivity contribution in [3.8, 4) is 11.5 Å². The lowest BCUT2D eigenvalue weighted by Gasteiger charge is -2.10. The number of benzene rings is 2. The van der Waals surface area contributed by atoms with Gasteiger partial charge >= 0.3 is 0 Å². The number of H-pyrrole nitrogens is 1. The molecule has 0 aliphatic heterocycles. The van der Waals surface area contributed by atoms with E-state index in [1.54, 1.807) is 18.2 Å². The highest BCUT2D eigenvalue weighted by atomic mass is 19.1. The van der Waals surface area contributed by atoms with Gasteiger partial charge in [0.25, 0.3) is 11.5 Å². The number of amides is 1. The summed E-state index contributed by atoms with van der Waals surface area (Å²) in [6.07, 6.45) is 0. The number of fused-ring (bicyclic) bond motifs is 3. The van der Waals surface area contributed by atoms with Crippen LogP contribution in [0.5, 0.6) is 11.5 Å². The molecule has 0 aliphatic rings. The molecule has 0 spiro atoms. The van der Waals surface area contributed by atoms with Crippen LogP contribution in [-0.4, -0.2) is 39.9 Å². The molecule has 4 aromatic rings. The van der Waals surface area contributed by atoms with Crippen LogP contribution in [-0.2, 0) is 0 Å². The summed E-state index contributed by atoms with van der Waals surface area (Å²) >= 11 is 0. The zero-order valence-corrected chi connectivity index (χ0v) is 14.8. The minimum Gasteiger partial charge on any atom is -0.493 e. The SMILES string of the molecule is COc1ccc(NC(=O)c2nnn3c2c(=O)[nH]c2cc(F)ccc23)cc1OC. The first-order chi connectivity index (χ1) is 13.5. The Morgan fingerprint density at radius 3 is 2.68 bits per heavy atom. The van der Waals surface area contributed by atoms with Gasteiger partial charge in [-0.25, -0.2) is 8.91 Å². The van der Waals surface area contributed by atoms with Crippen LogP contribution in [0.4, 0.5) is 10.1 Å². The third kappa shape index (κ3) is 2.80. The molecule has 0 radical (unpaired) electrons. The summed E-state index contributed by atoms with van der Waals surface area (Å²) in [7, 11) is 2.98. The van der Waals surface area contributed by atoms with E-state index >= 15 is 0 Å². The molecule has 0 bridgehead atoms. The number of aromatic nitrogens is 4. The minimum atomic E-state index is -0.630. The number of rotatable bonds is 4. The monoisotopic (exact) mass is 383 g/mol. The minimum absolute atomic E-state index is 0.0444. The van der Waals surface area contributed by atoms with Gasteiger partial charge in [-0.1, -0.05) is 5.21 Å². The Kier molecular flexibility index (Phi) is 4.15. The molecule has 9 nitrogen and oxygen atoms in total. The van der Waals surface area contributed by atoms with E-state index in [1.807, 2.05) is 0 Å². The Hall–Kier alpha value is -3.95. The van der Waals surface area contributed by atoms with Crippen molar-refractivity contribution in [2.24, 2.45) is 0 Å².